The van der Waals surface area contributed by atoms with Crippen molar-refractivity contribution in [3.05, 3.63) is 35.6 Å². The van der Waals surface area contributed by atoms with E-state index >= 15 is 0 Å². The highest BCUT2D eigenvalue weighted by molar-refractivity contribution is 5.82. The molecule has 1 aromatic carbocycles. The number of halogens is 1. The molecule has 1 unspecified atom stereocenters. The summed E-state index contributed by atoms with van der Waals surface area (Å²) >= 11 is 0. The number of ether oxygens (including phenoxy) is 1. The van der Waals surface area contributed by atoms with Gasteiger partial charge < -0.3 is 15.0 Å². The van der Waals surface area contributed by atoms with Crippen molar-refractivity contribution >= 4 is 5.91 Å². The van der Waals surface area contributed by atoms with Crippen molar-refractivity contribution in [2.24, 2.45) is 0 Å². The molecular formula is C16H21FN2O2. The Hall–Kier alpha value is -1.46. The van der Waals surface area contributed by atoms with E-state index in [0.717, 1.165) is 24.9 Å². The zero-order chi connectivity index (χ0) is 14.7. The zero-order valence-electron chi connectivity index (χ0n) is 12.1. The summed E-state index contributed by atoms with van der Waals surface area (Å²) < 4.78 is 18.8. The van der Waals surface area contributed by atoms with E-state index < -0.39 is 0 Å². The van der Waals surface area contributed by atoms with E-state index in [-0.39, 0.29) is 17.8 Å². The molecule has 0 bridgehead atoms. The monoisotopic (exact) mass is 292 g/mol. The number of amides is 1. The van der Waals surface area contributed by atoms with Gasteiger partial charge in [0.25, 0.3) is 5.91 Å². The summed E-state index contributed by atoms with van der Waals surface area (Å²) in [6.45, 7) is 2.60. The van der Waals surface area contributed by atoms with Crippen LogP contribution in [0.3, 0.4) is 0 Å². The lowest BCUT2D eigenvalue weighted by Gasteiger charge is -2.30. The minimum absolute atomic E-state index is 0.0705. The standard InChI is InChI=1S/C16H21FN2O2/c17-13-3-1-2-12(10-13)6-8-19(14-4-5-14)16(20)15-11-18-7-9-21-15/h1-3,10,14-15,18H,4-9,11H2. The maximum atomic E-state index is 13.2. The minimum atomic E-state index is -0.369. The minimum Gasteiger partial charge on any atom is -0.366 e. The van der Waals surface area contributed by atoms with Gasteiger partial charge in [-0.3, -0.25) is 4.79 Å². The second-order valence-electron chi connectivity index (χ2n) is 5.71. The Kier molecular flexibility index (Phi) is 4.51. The molecule has 1 atom stereocenters. The largest absolute Gasteiger partial charge is 0.366 e. The number of carbonyl (C=O) groups excluding carboxylic acids is 1. The predicted octanol–water partition coefficient (Wildman–Crippen LogP) is 1.35. The molecule has 1 amide bonds. The summed E-state index contributed by atoms with van der Waals surface area (Å²) in [5.41, 5.74) is 0.927. The van der Waals surface area contributed by atoms with Gasteiger partial charge in [0.2, 0.25) is 0 Å². The highest BCUT2D eigenvalue weighted by atomic mass is 19.1. The summed E-state index contributed by atoms with van der Waals surface area (Å²) in [5, 5.41) is 3.19. The highest BCUT2D eigenvalue weighted by Gasteiger charge is 2.36. The lowest BCUT2D eigenvalue weighted by Crippen LogP contribution is -2.50. The van der Waals surface area contributed by atoms with E-state index in [0.29, 0.717) is 32.2 Å². The van der Waals surface area contributed by atoms with Crippen molar-refractivity contribution in [3.8, 4) is 0 Å². The van der Waals surface area contributed by atoms with Crippen LogP contribution in [0.25, 0.3) is 0 Å². The van der Waals surface area contributed by atoms with Crippen LogP contribution in [0, 0.1) is 5.82 Å². The molecular weight excluding hydrogens is 271 g/mol. The quantitative estimate of drug-likeness (QED) is 0.890. The molecule has 2 aliphatic rings. The number of carbonyl (C=O) groups is 1. The van der Waals surface area contributed by atoms with Crippen molar-refractivity contribution in [2.75, 3.05) is 26.2 Å². The molecule has 1 N–H and O–H groups in total. The Bertz CT molecular complexity index is 499. The third kappa shape index (κ3) is 3.80. The second-order valence-corrected chi connectivity index (χ2v) is 5.71. The fourth-order valence-corrected chi connectivity index (χ4v) is 2.71. The van der Waals surface area contributed by atoms with Gasteiger partial charge in [0.1, 0.15) is 11.9 Å². The summed E-state index contributed by atoms with van der Waals surface area (Å²) in [6, 6.07) is 6.93. The highest BCUT2D eigenvalue weighted by Crippen LogP contribution is 2.28. The van der Waals surface area contributed by atoms with Crippen LogP contribution in [0.2, 0.25) is 0 Å². The molecule has 0 spiro atoms. The fraction of sp³-hybridized carbons (Fsp3) is 0.562. The fourth-order valence-electron chi connectivity index (χ4n) is 2.71. The SMILES string of the molecule is O=C(C1CNCCO1)N(CCc1cccc(F)c1)C1CC1. The molecule has 1 aromatic rings. The van der Waals surface area contributed by atoms with Gasteiger partial charge in [-0.25, -0.2) is 4.39 Å². The molecule has 3 rings (SSSR count). The van der Waals surface area contributed by atoms with Crippen molar-refractivity contribution in [1.29, 1.82) is 0 Å². The van der Waals surface area contributed by atoms with Gasteiger partial charge in [-0.15, -0.1) is 0 Å². The number of nitrogens with zero attached hydrogens (tertiary/aromatic N) is 1. The first-order valence-electron chi connectivity index (χ1n) is 7.61. The maximum Gasteiger partial charge on any atom is 0.253 e. The number of nitrogens with one attached hydrogen (secondary N) is 1. The molecule has 1 heterocycles. The molecule has 114 valence electrons. The second kappa shape index (κ2) is 6.54. The van der Waals surface area contributed by atoms with Gasteiger partial charge in [0.15, 0.2) is 0 Å². The van der Waals surface area contributed by atoms with Gasteiger partial charge in [0, 0.05) is 25.7 Å². The van der Waals surface area contributed by atoms with Crippen molar-refractivity contribution < 1.29 is 13.9 Å². The maximum absolute atomic E-state index is 13.2. The van der Waals surface area contributed by atoms with Gasteiger partial charge in [-0.05, 0) is 37.0 Å². The Balaban J connectivity index is 1.60. The number of hydrogen-bond acceptors (Lipinski definition) is 3. The molecule has 1 aliphatic heterocycles. The molecule has 2 fully saturated rings. The topological polar surface area (TPSA) is 41.6 Å². The van der Waals surface area contributed by atoms with Crippen LogP contribution >= 0.6 is 0 Å². The van der Waals surface area contributed by atoms with Crippen LogP contribution in [-0.2, 0) is 16.0 Å². The van der Waals surface area contributed by atoms with E-state index in [1.54, 1.807) is 6.07 Å². The normalized spacial score (nSPS) is 22.0. The predicted molar refractivity (Wildman–Crippen MR) is 77.4 cm³/mol. The van der Waals surface area contributed by atoms with E-state index in [9.17, 15) is 9.18 Å². The van der Waals surface area contributed by atoms with Crippen molar-refractivity contribution in [3.63, 3.8) is 0 Å². The van der Waals surface area contributed by atoms with Crippen LogP contribution in [0.15, 0.2) is 24.3 Å². The molecule has 0 radical (unpaired) electrons. The van der Waals surface area contributed by atoms with Gasteiger partial charge in [-0.2, -0.15) is 0 Å². The van der Waals surface area contributed by atoms with Crippen LogP contribution in [-0.4, -0.2) is 49.2 Å². The molecule has 21 heavy (non-hydrogen) atoms. The average molecular weight is 292 g/mol. The Morgan fingerprint density at radius 1 is 1.43 bits per heavy atom. The lowest BCUT2D eigenvalue weighted by molar-refractivity contribution is -0.145. The zero-order valence-corrected chi connectivity index (χ0v) is 12.1. The molecule has 4 nitrogen and oxygen atoms in total. The lowest BCUT2D eigenvalue weighted by atomic mass is 10.1. The smallest absolute Gasteiger partial charge is 0.253 e. The van der Waals surface area contributed by atoms with Gasteiger partial charge in [-0.1, -0.05) is 12.1 Å². The van der Waals surface area contributed by atoms with Crippen molar-refractivity contribution in [2.45, 2.75) is 31.4 Å². The van der Waals surface area contributed by atoms with E-state index in [2.05, 4.69) is 5.32 Å². The number of rotatable bonds is 5. The average Bonchev–Trinajstić information content (AvgIpc) is 3.33. The molecule has 5 heteroatoms. The van der Waals surface area contributed by atoms with Crippen LogP contribution in [0.4, 0.5) is 4.39 Å². The molecule has 1 aliphatic carbocycles. The first-order chi connectivity index (χ1) is 10.2. The van der Waals surface area contributed by atoms with Crippen LogP contribution < -0.4 is 5.32 Å². The van der Waals surface area contributed by atoms with E-state index in [4.69, 9.17) is 4.74 Å². The Labute approximate surface area is 124 Å². The van der Waals surface area contributed by atoms with Crippen LogP contribution in [0.5, 0.6) is 0 Å². The number of morpholine rings is 1. The third-order valence-corrected chi connectivity index (χ3v) is 4.00. The first-order valence-corrected chi connectivity index (χ1v) is 7.61. The molecule has 1 saturated heterocycles. The van der Waals surface area contributed by atoms with E-state index in [1.807, 2.05) is 11.0 Å². The Morgan fingerprint density at radius 2 is 2.29 bits per heavy atom. The Morgan fingerprint density at radius 3 is 2.95 bits per heavy atom. The molecule has 0 aromatic heterocycles. The summed E-state index contributed by atoms with van der Waals surface area (Å²) in [4.78, 5) is 14.5. The summed E-state index contributed by atoms with van der Waals surface area (Å²) in [5.74, 6) is -0.155. The third-order valence-electron chi connectivity index (χ3n) is 4.00. The van der Waals surface area contributed by atoms with Gasteiger partial charge in [0.05, 0.1) is 6.61 Å². The summed E-state index contributed by atoms with van der Waals surface area (Å²) in [7, 11) is 0. The van der Waals surface area contributed by atoms with Gasteiger partial charge >= 0.3 is 0 Å². The van der Waals surface area contributed by atoms with E-state index in [1.165, 1.54) is 12.1 Å². The summed E-state index contributed by atoms with van der Waals surface area (Å²) in [6.07, 6.45) is 2.44. The number of hydrogen-bond donors (Lipinski definition) is 1. The van der Waals surface area contributed by atoms with Crippen molar-refractivity contribution in [1.82, 2.24) is 10.2 Å². The van der Waals surface area contributed by atoms with Crippen LogP contribution in [0.1, 0.15) is 18.4 Å². The first kappa shape index (κ1) is 14.5. The molecule has 1 saturated carbocycles. The number of benzene rings is 1.